The molecule has 2 aromatic heterocycles. The summed E-state index contributed by atoms with van der Waals surface area (Å²) in [7, 11) is 0. The van der Waals surface area contributed by atoms with E-state index in [1.807, 2.05) is 25.1 Å². The fraction of sp³-hybridized carbons (Fsp3) is 0.167. The number of aryl methyl sites for hydroxylation is 1. The van der Waals surface area contributed by atoms with E-state index in [1.54, 1.807) is 55.7 Å². The molecule has 158 valence electrons. The summed E-state index contributed by atoms with van der Waals surface area (Å²) in [5.74, 6) is 1.81. The number of hydrogen-bond donors (Lipinski definition) is 1. The number of hydrogen-bond acceptors (Lipinski definition) is 6. The van der Waals surface area contributed by atoms with Crippen LogP contribution in [0.3, 0.4) is 0 Å². The summed E-state index contributed by atoms with van der Waals surface area (Å²) >= 11 is 0. The summed E-state index contributed by atoms with van der Waals surface area (Å²) in [5.41, 5.74) is 0.0731. The van der Waals surface area contributed by atoms with Crippen LogP contribution in [0.5, 0.6) is 17.2 Å². The Morgan fingerprint density at radius 1 is 1.06 bits per heavy atom. The number of nitrogens with one attached hydrogen (secondary N) is 1. The molecule has 4 rings (SSSR count). The molecule has 1 atom stereocenters. The molecule has 4 aromatic rings. The van der Waals surface area contributed by atoms with Crippen LogP contribution in [0.2, 0.25) is 0 Å². The van der Waals surface area contributed by atoms with Crippen LogP contribution < -0.4 is 20.2 Å². The largest absolute Gasteiger partial charge is 0.484 e. The van der Waals surface area contributed by atoms with E-state index in [0.717, 1.165) is 0 Å². The van der Waals surface area contributed by atoms with Crippen LogP contribution in [0.25, 0.3) is 11.0 Å². The second-order valence-corrected chi connectivity index (χ2v) is 6.98. The van der Waals surface area contributed by atoms with Crippen molar-refractivity contribution in [3.05, 3.63) is 88.7 Å². The van der Waals surface area contributed by atoms with Crippen LogP contribution in [-0.4, -0.2) is 12.5 Å². The Labute approximate surface area is 178 Å². The van der Waals surface area contributed by atoms with Crippen LogP contribution in [-0.2, 0) is 4.79 Å². The van der Waals surface area contributed by atoms with Gasteiger partial charge in [0.2, 0.25) is 11.2 Å². The van der Waals surface area contributed by atoms with Gasteiger partial charge in [-0.15, -0.1) is 0 Å². The van der Waals surface area contributed by atoms with Gasteiger partial charge in [0.05, 0.1) is 17.7 Å². The molecule has 1 amide bonds. The van der Waals surface area contributed by atoms with Crippen molar-refractivity contribution >= 4 is 16.9 Å². The van der Waals surface area contributed by atoms with E-state index in [2.05, 4.69) is 5.32 Å². The third-order valence-electron chi connectivity index (χ3n) is 4.67. The van der Waals surface area contributed by atoms with Crippen molar-refractivity contribution in [2.24, 2.45) is 0 Å². The summed E-state index contributed by atoms with van der Waals surface area (Å²) in [6, 6.07) is 17.1. The molecule has 0 saturated heterocycles. The van der Waals surface area contributed by atoms with Crippen molar-refractivity contribution in [3.8, 4) is 17.2 Å². The SMILES string of the molecule is Cc1oc2cc(OCC(=O)N[C@@H](C)c3ccco3)ccc2c(=O)c1Oc1ccccc1. The van der Waals surface area contributed by atoms with Gasteiger partial charge in [-0.1, -0.05) is 18.2 Å². The number of furan rings is 1. The molecule has 0 saturated carbocycles. The molecular formula is C24H21NO6. The molecule has 0 radical (unpaired) electrons. The minimum absolute atomic E-state index is 0.138. The van der Waals surface area contributed by atoms with Gasteiger partial charge in [-0.05, 0) is 50.2 Å². The number of para-hydroxylation sites is 1. The third kappa shape index (κ3) is 4.61. The smallest absolute Gasteiger partial charge is 0.258 e. The highest BCUT2D eigenvalue weighted by Gasteiger charge is 2.16. The van der Waals surface area contributed by atoms with Gasteiger partial charge in [0.15, 0.2) is 6.61 Å². The lowest BCUT2D eigenvalue weighted by molar-refractivity contribution is -0.123. The molecule has 2 aromatic carbocycles. The molecular weight excluding hydrogens is 398 g/mol. The standard InChI is InChI=1S/C24H21NO6/c1-15(20-9-6-12-28-20)25-22(26)14-29-18-10-11-19-21(13-18)30-16(2)24(23(19)27)31-17-7-4-3-5-8-17/h3-13,15H,14H2,1-2H3,(H,25,26)/t15-/m0/s1. The number of benzene rings is 2. The third-order valence-corrected chi connectivity index (χ3v) is 4.67. The second kappa shape index (κ2) is 8.79. The Kier molecular flexibility index (Phi) is 5.75. The molecule has 0 aliphatic heterocycles. The normalized spacial score (nSPS) is 11.8. The average molecular weight is 419 g/mol. The highest BCUT2D eigenvalue weighted by Crippen LogP contribution is 2.27. The van der Waals surface area contributed by atoms with Crippen molar-refractivity contribution < 1.29 is 23.1 Å². The van der Waals surface area contributed by atoms with Crippen molar-refractivity contribution in [2.45, 2.75) is 19.9 Å². The molecule has 0 unspecified atom stereocenters. The summed E-state index contributed by atoms with van der Waals surface area (Å²) < 4.78 is 22.3. The molecule has 2 heterocycles. The first kappa shape index (κ1) is 20.3. The molecule has 0 fully saturated rings. The van der Waals surface area contributed by atoms with Crippen LogP contribution in [0.15, 0.2) is 80.6 Å². The number of rotatable bonds is 7. The lowest BCUT2D eigenvalue weighted by Gasteiger charge is -2.12. The molecule has 7 nitrogen and oxygen atoms in total. The van der Waals surface area contributed by atoms with Crippen LogP contribution in [0.4, 0.5) is 0 Å². The van der Waals surface area contributed by atoms with Crippen LogP contribution >= 0.6 is 0 Å². The Balaban J connectivity index is 1.47. The topological polar surface area (TPSA) is 90.9 Å². The van der Waals surface area contributed by atoms with E-state index in [9.17, 15) is 9.59 Å². The lowest BCUT2D eigenvalue weighted by atomic mass is 10.2. The number of carbonyl (C=O) groups excluding carboxylic acids is 1. The molecule has 0 bridgehead atoms. The minimum atomic E-state index is -0.298. The van der Waals surface area contributed by atoms with E-state index < -0.39 is 0 Å². The monoisotopic (exact) mass is 419 g/mol. The highest BCUT2D eigenvalue weighted by atomic mass is 16.5. The maximum absolute atomic E-state index is 12.9. The lowest BCUT2D eigenvalue weighted by Crippen LogP contribution is -2.31. The predicted octanol–water partition coefficient (Wildman–Crippen LogP) is 4.74. The van der Waals surface area contributed by atoms with E-state index in [-0.39, 0.29) is 29.7 Å². The van der Waals surface area contributed by atoms with Crippen molar-refractivity contribution in [1.29, 1.82) is 0 Å². The quantitative estimate of drug-likeness (QED) is 0.465. The van der Waals surface area contributed by atoms with Gasteiger partial charge >= 0.3 is 0 Å². The van der Waals surface area contributed by atoms with Crippen molar-refractivity contribution in [1.82, 2.24) is 5.32 Å². The highest BCUT2D eigenvalue weighted by molar-refractivity contribution is 5.80. The van der Waals surface area contributed by atoms with Gasteiger partial charge in [0.1, 0.15) is 28.6 Å². The summed E-state index contributed by atoms with van der Waals surface area (Å²) in [4.78, 5) is 25.0. The second-order valence-electron chi connectivity index (χ2n) is 6.98. The molecule has 0 aliphatic rings. The summed E-state index contributed by atoms with van der Waals surface area (Å²) in [6.07, 6.45) is 1.55. The van der Waals surface area contributed by atoms with Gasteiger partial charge in [-0.3, -0.25) is 9.59 Å². The van der Waals surface area contributed by atoms with Crippen LogP contribution in [0.1, 0.15) is 24.5 Å². The van der Waals surface area contributed by atoms with Gasteiger partial charge in [0.25, 0.3) is 5.91 Å². The predicted molar refractivity (Wildman–Crippen MR) is 114 cm³/mol. The Morgan fingerprint density at radius 2 is 1.87 bits per heavy atom. The van der Waals surface area contributed by atoms with E-state index in [4.69, 9.17) is 18.3 Å². The average Bonchev–Trinajstić information content (AvgIpc) is 3.31. The first-order chi connectivity index (χ1) is 15.0. The summed E-state index contributed by atoms with van der Waals surface area (Å²) in [5, 5.41) is 3.15. The van der Waals surface area contributed by atoms with Gasteiger partial charge in [-0.2, -0.15) is 0 Å². The fourth-order valence-corrected chi connectivity index (χ4v) is 3.12. The van der Waals surface area contributed by atoms with Crippen molar-refractivity contribution in [2.75, 3.05) is 6.61 Å². The maximum atomic E-state index is 12.9. The van der Waals surface area contributed by atoms with Gasteiger partial charge < -0.3 is 23.6 Å². The van der Waals surface area contributed by atoms with E-state index in [0.29, 0.717) is 34.0 Å². The minimum Gasteiger partial charge on any atom is -0.484 e. The zero-order chi connectivity index (χ0) is 21.8. The first-order valence-electron chi connectivity index (χ1n) is 9.77. The van der Waals surface area contributed by atoms with E-state index in [1.165, 1.54) is 0 Å². The molecule has 1 N–H and O–H groups in total. The Bertz CT molecular complexity index is 1240. The molecule has 31 heavy (non-hydrogen) atoms. The number of ether oxygens (including phenoxy) is 2. The first-order valence-corrected chi connectivity index (χ1v) is 9.77. The zero-order valence-corrected chi connectivity index (χ0v) is 17.1. The van der Waals surface area contributed by atoms with E-state index >= 15 is 0 Å². The zero-order valence-electron chi connectivity index (χ0n) is 17.1. The van der Waals surface area contributed by atoms with Gasteiger partial charge in [-0.25, -0.2) is 0 Å². The molecule has 0 spiro atoms. The molecule has 0 aliphatic carbocycles. The Hall–Kier alpha value is -4.00. The van der Waals surface area contributed by atoms with Crippen LogP contribution in [0, 0.1) is 6.92 Å². The maximum Gasteiger partial charge on any atom is 0.258 e. The summed E-state index contributed by atoms with van der Waals surface area (Å²) in [6.45, 7) is 3.30. The van der Waals surface area contributed by atoms with Gasteiger partial charge in [0, 0.05) is 6.07 Å². The number of fused-ring (bicyclic) bond motifs is 1. The number of amides is 1. The Morgan fingerprint density at radius 3 is 2.61 bits per heavy atom. The fourth-order valence-electron chi connectivity index (χ4n) is 3.12. The van der Waals surface area contributed by atoms with Crippen molar-refractivity contribution in [3.63, 3.8) is 0 Å². The number of carbonyl (C=O) groups is 1. The molecule has 7 heteroatoms.